The molecule has 1 N–H and O–H groups in total. The molecule has 2 aromatic carbocycles. The van der Waals surface area contributed by atoms with E-state index in [1.54, 1.807) is 18.2 Å². The maximum absolute atomic E-state index is 13.0. The molecule has 1 amide bonds. The predicted octanol–water partition coefficient (Wildman–Crippen LogP) is 4.39. The summed E-state index contributed by atoms with van der Waals surface area (Å²) in [6.45, 7) is 2.84. The van der Waals surface area contributed by atoms with E-state index in [4.69, 9.17) is 32.7 Å². The Morgan fingerprint density at radius 3 is 2.58 bits per heavy atom. The van der Waals surface area contributed by atoms with Crippen LogP contribution in [0.5, 0.6) is 5.75 Å². The van der Waals surface area contributed by atoms with E-state index in [0.29, 0.717) is 10.8 Å². The van der Waals surface area contributed by atoms with Crippen LogP contribution in [0.3, 0.4) is 0 Å². The average molecular weight is 400 g/mol. The highest BCUT2D eigenvalue weighted by molar-refractivity contribution is 6.33. The minimum absolute atomic E-state index is 0.0364. The van der Waals surface area contributed by atoms with Crippen molar-refractivity contribution in [2.45, 2.75) is 20.0 Å². The number of hydrogen-bond donors (Lipinski definition) is 1. The van der Waals surface area contributed by atoms with Crippen molar-refractivity contribution in [2.24, 2.45) is 0 Å². The van der Waals surface area contributed by atoms with Gasteiger partial charge < -0.3 is 14.8 Å². The zero-order valence-corrected chi connectivity index (χ0v) is 15.5. The Hall–Kier alpha value is -2.31. The third-order valence-electron chi connectivity index (χ3n) is 3.30. The van der Waals surface area contributed by atoms with Gasteiger partial charge in [-0.3, -0.25) is 4.79 Å². The molecule has 0 fully saturated rings. The van der Waals surface area contributed by atoms with Gasteiger partial charge in [0.2, 0.25) is 0 Å². The molecule has 0 bridgehead atoms. The second-order valence-electron chi connectivity index (χ2n) is 5.47. The number of benzene rings is 2. The van der Waals surface area contributed by atoms with Crippen molar-refractivity contribution in [3.63, 3.8) is 0 Å². The molecule has 0 aromatic heterocycles. The third kappa shape index (κ3) is 5.61. The molecule has 1 atom stereocenters. The third-order valence-corrected chi connectivity index (χ3v) is 3.92. The standard InChI is InChI=1S/C18H16Cl2FNO4/c1-10-3-5-13(19)16(7-10)25-9-17(23)26-11(2)18(24)22-15-6-4-12(21)8-14(15)20/h3-8,11H,9H2,1-2H3,(H,22,24)/t11-/m0/s1. The lowest BCUT2D eigenvalue weighted by atomic mass is 10.2. The summed E-state index contributed by atoms with van der Waals surface area (Å²) >= 11 is 11.8. The molecule has 2 aromatic rings. The van der Waals surface area contributed by atoms with Crippen LogP contribution in [0.15, 0.2) is 36.4 Å². The minimum Gasteiger partial charge on any atom is -0.480 e. The Morgan fingerprint density at radius 2 is 1.88 bits per heavy atom. The fourth-order valence-electron chi connectivity index (χ4n) is 1.97. The van der Waals surface area contributed by atoms with Gasteiger partial charge in [0, 0.05) is 0 Å². The highest BCUT2D eigenvalue weighted by atomic mass is 35.5. The smallest absolute Gasteiger partial charge is 0.344 e. The van der Waals surface area contributed by atoms with Crippen molar-refractivity contribution in [2.75, 3.05) is 11.9 Å². The molecule has 0 aliphatic carbocycles. The summed E-state index contributed by atoms with van der Waals surface area (Å²) in [6.07, 6.45) is -1.10. The molecule has 0 saturated carbocycles. The van der Waals surface area contributed by atoms with Crippen LogP contribution in [-0.2, 0) is 14.3 Å². The molecular weight excluding hydrogens is 384 g/mol. The largest absolute Gasteiger partial charge is 0.480 e. The van der Waals surface area contributed by atoms with E-state index in [-0.39, 0.29) is 10.7 Å². The summed E-state index contributed by atoms with van der Waals surface area (Å²) < 4.78 is 23.3. The van der Waals surface area contributed by atoms with Crippen LogP contribution >= 0.6 is 23.2 Å². The van der Waals surface area contributed by atoms with E-state index in [1.165, 1.54) is 13.0 Å². The van der Waals surface area contributed by atoms with E-state index < -0.39 is 30.4 Å². The first-order valence-corrected chi connectivity index (χ1v) is 8.36. The average Bonchev–Trinajstić information content (AvgIpc) is 2.58. The van der Waals surface area contributed by atoms with E-state index in [0.717, 1.165) is 17.7 Å². The normalized spacial score (nSPS) is 11.6. The van der Waals surface area contributed by atoms with Gasteiger partial charge in [0.25, 0.3) is 5.91 Å². The van der Waals surface area contributed by atoms with E-state index >= 15 is 0 Å². The molecule has 138 valence electrons. The molecule has 0 aliphatic heterocycles. The van der Waals surface area contributed by atoms with Crippen LogP contribution < -0.4 is 10.1 Å². The lowest BCUT2D eigenvalue weighted by Crippen LogP contribution is -2.31. The fraction of sp³-hybridized carbons (Fsp3) is 0.222. The number of anilines is 1. The van der Waals surface area contributed by atoms with Crippen LogP contribution in [0.1, 0.15) is 12.5 Å². The van der Waals surface area contributed by atoms with E-state index in [2.05, 4.69) is 5.32 Å². The van der Waals surface area contributed by atoms with Crippen molar-refractivity contribution < 1.29 is 23.5 Å². The van der Waals surface area contributed by atoms with Crippen LogP contribution in [-0.4, -0.2) is 24.6 Å². The summed E-state index contributed by atoms with van der Waals surface area (Å²) in [5, 5.41) is 2.85. The first-order valence-electron chi connectivity index (χ1n) is 7.60. The van der Waals surface area contributed by atoms with Gasteiger partial charge in [-0.2, -0.15) is 0 Å². The lowest BCUT2D eigenvalue weighted by molar-refractivity contribution is -0.155. The monoisotopic (exact) mass is 399 g/mol. The Kier molecular flexibility index (Phi) is 6.83. The molecular formula is C18H16Cl2FNO4. The van der Waals surface area contributed by atoms with E-state index in [1.807, 2.05) is 6.92 Å². The summed E-state index contributed by atoms with van der Waals surface area (Å²) in [5.74, 6) is -1.53. The summed E-state index contributed by atoms with van der Waals surface area (Å²) in [5.41, 5.74) is 1.13. The van der Waals surface area contributed by atoms with Crippen LogP contribution in [0.25, 0.3) is 0 Å². The van der Waals surface area contributed by atoms with Gasteiger partial charge in [0.1, 0.15) is 11.6 Å². The zero-order valence-electron chi connectivity index (χ0n) is 14.0. The van der Waals surface area contributed by atoms with Crippen LogP contribution in [0.4, 0.5) is 10.1 Å². The molecule has 0 saturated heterocycles. The van der Waals surface area contributed by atoms with Gasteiger partial charge in [-0.05, 0) is 49.7 Å². The van der Waals surface area contributed by atoms with Crippen LogP contribution in [0, 0.1) is 12.7 Å². The number of aryl methyl sites for hydroxylation is 1. The number of halogens is 3. The van der Waals surface area contributed by atoms with Crippen molar-refractivity contribution in [3.8, 4) is 5.75 Å². The lowest BCUT2D eigenvalue weighted by Gasteiger charge is -2.15. The molecule has 8 heteroatoms. The number of rotatable bonds is 6. The topological polar surface area (TPSA) is 64.6 Å². The first-order chi connectivity index (χ1) is 12.3. The molecule has 26 heavy (non-hydrogen) atoms. The molecule has 0 unspecified atom stereocenters. The predicted molar refractivity (Wildman–Crippen MR) is 97.3 cm³/mol. The number of ether oxygens (including phenoxy) is 2. The maximum Gasteiger partial charge on any atom is 0.344 e. The number of carbonyl (C=O) groups is 2. The molecule has 0 radical (unpaired) electrons. The van der Waals surface area contributed by atoms with Crippen LogP contribution in [0.2, 0.25) is 10.0 Å². The highest BCUT2D eigenvalue weighted by Gasteiger charge is 2.19. The van der Waals surface area contributed by atoms with Gasteiger partial charge in [-0.1, -0.05) is 29.3 Å². The first kappa shape index (κ1) is 20.0. The second kappa shape index (κ2) is 8.87. The molecule has 2 rings (SSSR count). The summed E-state index contributed by atoms with van der Waals surface area (Å²) in [7, 11) is 0. The Labute approximate surface area is 160 Å². The number of esters is 1. The number of amides is 1. The zero-order chi connectivity index (χ0) is 19.3. The number of hydrogen-bond acceptors (Lipinski definition) is 4. The van der Waals surface area contributed by atoms with Crippen molar-refractivity contribution in [3.05, 3.63) is 57.8 Å². The Morgan fingerprint density at radius 1 is 1.15 bits per heavy atom. The number of carbonyl (C=O) groups excluding carboxylic acids is 2. The van der Waals surface area contributed by atoms with Gasteiger partial charge in [0.15, 0.2) is 12.7 Å². The van der Waals surface area contributed by atoms with Gasteiger partial charge >= 0.3 is 5.97 Å². The quantitative estimate of drug-likeness (QED) is 0.731. The van der Waals surface area contributed by atoms with Crippen molar-refractivity contribution in [1.29, 1.82) is 0 Å². The highest BCUT2D eigenvalue weighted by Crippen LogP contribution is 2.25. The molecule has 0 aliphatic rings. The molecule has 0 spiro atoms. The summed E-state index contributed by atoms with van der Waals surface area (Å²) in [4.78, 5) is 23.9. The Balaban J connectivity index is 1.87. The minimum atomic E-state index is -1.10. The fourth-order valence-corrected chi connectivity index (χ4v) is 2.35. The van der Waals surface area contributed by atoms with Gasteiger partial charge in [-0.25, -0.2) is 9.18 Å². The van der Waals surface area contributed by atoms with Gasteiger partial charge in [-0.15, -0.1) is 0 Å². The second-order valence-corrected chi connectivity index (χ2v) is 6.28. The number of nitrogens with one attached hydrogen (secondary N) is 1. The summed E-state index contributed by atoms with van der Waals surface area (Å²) in [6, 6.07) is 8.67. The van der Waals surface area contributed by atoms with Gasteiger partial charge in [0.05, 0.1) is 15.7 Å². The van der Waals surface area contributed by atoms with E-state index in [9.17, 15) is 14.0 Å². The Bertz CT molecular complexity index is 829. The van der Waals surface area contributed by atoms with Crippen molar-refractivity contribution >= 4 is 40.8 Å². The SMILES string of the molecule is Cc1ccc(Cl)c(OCC(=O)O[C@@H](C)C(=O)Nc2ccc(F)cc2Cl)c1. The molecule has 5 nitrogen and oxygen atoms in total. The van der Waals surface area contributed by atoms with Crippen molar-refractivity contribution in [1.82, 2.24) is 0 Å². The maximum atomic E-state index is 13.0. The molecule has 0 heterocycles.